The van der Waals surface area contributed by atoms with Gasteiger partial charge < -0.3 is 5.32 Å². The summed E-state index contributed by atoms with van der Waals surface area (Å²) in [6.07, 6.45) is 6.70. The highest BCUT2D eigenvalue weighted by Gasteiger charge is 2.40. The lowest BCUT2D eigenvalue weighted by Crippen LogP contribution is -2.30. The average molecular weight is 519 g/mol. The number of fused-ring (bicyclic) bond motifs is 2. The largest absolute Gasteiger partial charge is 0.302 e. The van der Waals surface area contributed by atoms with Crippen LogP contribution >= 0.6 is 11.3 Å². The van der Waals surface area contributed by atoms with Crippen molar-refractivity contribution in [2.75, 3.05) is 11.9 Å². The molecule has 0 fully saturated rings. The van der Waals surface area contributed by atoms with Crippen molar-refractivity contribution in [1.29, 1.82) is 0 Å². The number of aromatic nitrogens is 1. The van der Waals surface area contributed by atoms with Crippen LogP contribution in [0, 0.1) is 10.1 Å². The summed E-state index contributed by atoms with van der Waals surface area (Å²) in [5.74, 6) is -1.29. The van der Waals surface area contributed by atoms with Crippen LogP contribution < -0.4 is 5.32 Å². The third-order valence-electron chi connectivity index (χ3n) is 6.85. The van der Waals surface area contributed by atoms with Crippen LogP contribution in [0.5, 0.6) is 0 Å². The molecule has 3 amide bonds. The fraction of sp³-hybridized carbons (Fsp3) is 0.333. The molecule has 0 radical (unpaired) electrons. The van der Waals surface area contributed by atoms with Gasteiger partial charge in [0.15, 0.2) is 5.13 Å². The zero-order valence-corrected chi connectivity index (χ0v) is 21.0. The molecule has 2 aliphatic rings. The van der Waals surface area contributed by atoms with Gasteiger partial charge in [-0.3, -0.25) is 29.4 Å². The molecule has 2 aromatic carbocycles. The molecule has 2 heterocycles. The van der Waals surface area contributed by atoms with E-state index in [0.29, 0.717) is 30.8 Å². The normalized spacial score (nSPS) is 14.4. The second-order valence-electron chi connectivity index (χ2n) is 9.31. The average Bonchev–Trinajstić information content (AvgIpc) is 3.46. The Labute approximate surface area is 217 Å². The minimum Gasteiger partial charge on any atom is -0.302 e. The van der Waals surface area contributed by atoms with Crippen LogP contribution in [-0.2, 0) is 17.6 Å². The molecule has 1 aliphatic carbocycles. The highest BCUT2D eigenvalue weighted by atomic mass is 32.1. The van der Waals surface area contributed by atoms with Crippen molar-refractivity contribution in [1.82, 2.24) is 9.88 Å². The summed E-state index contributed by atoms with van der Waals surface area (Å²) in [7, 11) is 0. The highest BCUT2D eigenvalue weighted by molar-refractivity contribution is 7.14. The summed E-state index contributed by atoms with van der Waals surface area (Å²) in [5, 5.41) is 16.6. The Balaban J connectivity index is 1.08. The van der Waals surface area contributed by atoms with E-state index in [9.17, 15) is 24.5 Å². The molecule has 0 spiro atoms. The number of hydrogen-bond donors (Lipinski definition) is 1. The predicted molar refractivity (Wildman–Crippen MR) is 140 cm³/mol. The van der Waals surface area contributed by atoms with Gasteiger partial charge >= 0.3 is 0 Å². The van der Waals surface area contributed by atoms with E-state index in [0.717, 1.165) is 29.0 Å². The fourth-order valence-electron chi connectivity index (χ4n) is 4.94. The first-order valence-corrected chi connectivity index (χ1v) is 13.3. The van der Waals surface area contributed by atoms with Crippen molar-refractivity contribution < 1.29 is 19.3 Å². The van der Waals surface area contributed by atoms with E-state index in [1.165, 1.54) is 53.5 Å². The van der Waals surface area contributed by atoms with Crippen molar-refractivity contribution in [3.8, 4) is 11.3 Å². The Morgan fingerprint density at radius 3 is 2.68 bits per heavy atom. The second kappa shape index (κ2) is 10.6. The minimum absolute atomic E-state index is 0.0665. The molecular formula is C27H26N4O5S. The molecule has 3 aromatic rings. The number of unbranched alkanes of at least 4 members (excludes halogenated alkanes) is 2. The number of rotatable bonds is 9. The van der Waals surface area contributed by atoms with Gasteiger partial charge in [-0.05, 0) is 61.8 Å². The number of hydrogen-bond acceptors (Lipinski definition) is 7. The third kappa shape index (κ3) is 5.15. The van der Waals surface area contributed by atoms with Gasteiger partial charge in [0, 0.05) is 30.0 Å². The maximum Gasteiger partial charge on any atom is 0.282 e. The monoisotopic (exact) mass is 518 g/mol. The van der Waals surface area contributed by atoms with Crippen LogP contribution in [-0.4, -0.2) is 39.1 Å². The number of carbonyl (C=O) groups excluding carboxylic acids is 3. The van der Waals surface area contributed by atoms with Crippen LogP contribution in [0.2, 0.25) is 0 Å². The molecule has 9 nitrogen and oxygen atoms in total. The molecule has 0 atom stereocenters. The number of aryl methyl sites for hydroxylation is 2. The minimum atomic E-state index is -0.648. The van der Waals surface area contributed by atoms with Crippen molar-refractivity contribution in [2.24, 2.45) is 0 Å². The molecule has 0 saturated carbocycles. The maximum atomic E-state index is 12.6. The molecule has 0 bridgehead atoms. The Morgan fingerprint density at radius 1 is 1.05 bits per heavy atom. The number of carbonyl (C=O) groups is 3. The molecule has 0 saturated heterocycles. The molecular weight excluding hydrogens is 492 g/mol. The summed E-state index contributed by atoms with van der Waals surface area (Å²) in [4.78, 5) is 53.8. The van der Waals surface area contributed by atoms with Crippen LogP contribution in [0.1, 0.15) is 70.4 Å². The highest BCUT2D eigenvalue weighted by Crippen LogP contribution is 2.31. The summed E-state index contributed by atoms with van der Waals surface area (Å²) < 4.78 is 0. The van der Waals surface area contributed by atoms with E-state index >= 15 is 0 Å². The fourth-order valence-corrected chi connectivity index (χ4v) is 5.68. The molecule has 1 aliphatic heterocycles. The van der Waals surface area contributed by atoms with Gasteiger partial charge in [-0.25, -0.2) is 4.98 Å². The van der Waals surface area contributed by atoms with Gasteiger partial charge in [-0.15, -0.1) is 11.3 Å². The summed E-state index contributed by atoms with van der Waals surface area (Å²) in [6, 6.07) is 10.6. The van der Waals surface area contributed by atoms with Gasteiger partial charge in [-0.1, -0.05) is 24.6 Å². The SMILES string of the molecule is O=C(CCCCCN1C(=O)c2cccc([N+](=O)[O-])c2C1=O)Nc1nc(-c2ccc3c(c2)CCCC3)cs1. The van der Waals surface area contributed by atoms with E-state index in [-0.39, 0.29) is 29.3 Å². The first kappa shape index (κ1) is 24.8. The van der Waals surface area contributed by atoms with Crippen molar-refractivity contribution in [2.45, 2.75) is 51.4 Å². The second-order valence-corrected chi connectivity index (χ2v) is 10.2. The Hall–Kier alpha value is -3.92. The topological polar surface area (TPSA) is 123 Å². The van der Waals surface area contributed by atoms with Crippen molar-refractivity contribution >= 4 is 39.9 Å². The van der Waals surface area contributed by atoms with Crippen molar-refractivity contribution in [3.63, 3.8) is 0 Å². The first-order valence-electron chi connectivity index (χ1n) is 12.4. The molecule has 190 valence electrons. The molecule has 37 heavy (non-hydrogen) atoms. The Bertz CT molecular complexity index is 1400. The number of nitrogens with zero attached hydrogens (tertiary/aromatic N) is 3. The molecule has 0 unspecified atom stereocenters. The molecule has 1 aromatic heterocycles. The summed E-state index contributed by atoms with van der Waals surface area (Å²) in [6.45, 7) is 0.155. The van der Waals surface area contributed by atoms with Crippen LogP contribution in [0.25, 0.3) is 11.3 Å². The quantitative estimate of drug-likeness (QED) is 0.175. The van der Waals surface area contributed by atoms with Gasteiger partial charge in [0.05, 0.1) is 16.2 Å². The summed E-state index contributed by atoms with van der Waals surface area (Å²) in [5.41, 5.74) is 4.30. The van der Waals surface area contributed by atoms with Gasteiger partial charge in [0.25, 0.3) is 17.5 Å². The zero-order valence-electron chi connectivity index (χ0n) is 20.2. The van der Waals surface area contributed by atoms with E-state index < -0.39 is 16.7 Å². The lowest BCUT2D eigenvalue weighted by Gasteiger charge is -2.16. The number of nitro groups is 1. The lowest BCUT2D eigenvalue weighted by atomic mass is 9.90. The molecule has 10 heteroatoms. The Kier molecular flexibility index (Phi) is 7.09. The molecule has 5 rings (SSSR count). The number of nitro benzene ring substituents is 1. The van der Waals surface area contributed by atoms with Gasteiger partial charge in [0.2, 0.25) is 5.91 Å². The number of thiazole rings is 1. The van der Waals surface area contributed by atoms with Crippen LogP contribution in [0.3, 0.4) is 0 Å². The van der Waals surface area contributed by atoms with E-state index in [2.05, 4.69) is 28.5 Å². The smallest absolute Gasteiger partial charge is 0.282 e. The number of anilines is 1. The number of nitrogens with one attached hydrogen (secondary N) is 1. The van der Waals surface area contributed by atoms with E-state index in [4.69, 9.17) is 0 Å². The van der Waals surface area contributed by atoms with Gasteiger partial charge in [-0.2, -0.15) is 0 Å². The summed E-state index contributed by atoms with van der Waals surface area (Å²) >= 11 is 1.40. The number of amides is 3. The van der Waals surface area contributed by atoms with Gasteiger partial charge in [0.1, 0.15) is 5.56 Å². The van der Waals surface area contributed by atoms with E-state index in [1.807, 2.05) is 5.38 Å². The molecule has 1 N–H and O–H groups in total. The van der Waals surface area contributed by atoms with E-state index in [1.54, 1.807) is 0 Å². The van der Waals surface area contributed by atoms with Crippen LogP contribution in [0.4, 0.5) is 10.8 Å². The number of imide groups is 1. The maximum absolute atomic E-state index is 12.6. The third-order valence-corrected chi connectivity index (χ3v) is 7.61. The lowest BCUT2D eigenvalue weighted by molar-refractivity contribution is -0.385. The standard InChI is InChI=1S/C27H26N4O5S/c32-23(29-27-28-21(16-37-27)19-13-12-17-7-3-4-8-18(17)15-19)11-2-1-5-14-30-25(33)20-9-6-10-22(31(35)36)24(20)26(30)34/h6,9-10,12-13,15-16H,1-5,7-8,11,14H2,(H,28,29,32). The first-order chi connectivity index (χ1) is 17.9. The predicted octanol–water partition coefficient (Wildman–Crippen LogP) is 5.39. The van der Waals surface area contributed by atoms with Crippen LogP contribution in [0.15, 0.2) is 41.8 Å². The zero-order chi connectivity index (χ0) is 25.9. The number of benzene rings is 2. The van der Waals surface area contributed by atoms with Crippen molar-refractivity contribution in [3.05, 3.63) is 74.1 Å². The Morgan fingerprint density at radius 2 is 1.86 bits per heavy atom.